The smallest absolute Gasteiger partial charge is 0.328 e. The molecule has 0 heterocycles. The van der Waals surface area contributed by atoms with Gasteiger partial charge in [0.1, 0.15) is 11.8 Å². The number of hydrogen-bond donors (Lipinski definition) is 1. The van der Waals surface area contributed by atoms with Gasteiger partial charge in [-0.1, -0.05) is 91.0 Å². The number of Topliss-reactive ketones (excluding diaryl/α,β-unsaturated/α-hetero) is 1. The molecule has 0 saturated carbocycles. The predicted octanol–water partition coefficient (Wildman–Crippen LogP) is 4.44. The van der Waals surface area contributed by atoms with E-state index >= 15 is 0 Å². The Morgan fingerprint density at radius 2 is 1.21 bits per heavy atom. The average molecular weight is 444 g/mol. The van der Waals surface area contributed by atoms with Crippen molar-refractivity contribution in [3.63, 3.8) is 0 Å². The molecular formula is C28H29NO4. The maximum Gasteiger partial charge on any atom is 0.328 e. The van der Waals surface area contributed by atoms with E-state index in [1.54, 1.807) is 0 Å². The lowest BCUT2D eigenvalue weighted by Crippen LogP contribution is -2.45. The summed E-state index contributed by atoms with van der Waals surface area (Å²) in [6.45, 7) is 1.46. The zero-order valence-corrected chi connectivity index (χ0v) is 19.0. The van der Waals surface area contributed by atoms with Crippen LogP contribution in [0.4, 0.5) is 0 Å². The number of rotatable bonds is 10. The number of carbonyl (C=O) groups excluding carboxylic acids is 3. The van der Waals surface area contributed by atoms with Crippen LogP contribution in [-0.2, 0) is 24.5 Å². The van der Waals surface area contributed by atoms with Crippen molar-refractivity contribution in [1.29, 1.82) is 0 Å². The van der Waals surface area contributed by atoms with E-state index in [4.69, 9.17) is 4.74 Å². The number of ketones is 1. The molecule has 0 aliphatic rings. The third-order valence-electron chi connectivity index (χ3n) is 5.83. The van der Waals surface area contributed by atoms with Crippen molar-refractivity contribution >= 4 is 17.7 Å². The molecule has 0 saturated heterocycles. The number of hydrogen-bond acceptors (Lipinski definition) is 4. The van der Waals surface area contributed by atoms with Crippen LogP contribution in [0.2, 0.25) is 0 Å². The molecule has 0 spiro atoms. The molecule has 1 atom stereocenters. The molecule has 0 unspecified atom stereocenters. The van der Waals surface area contributed by atoms with Crippen molar-refractivity contribution in [2.75, 3.05) is 7.11 Å². The van der Waals surface area contributed by atoms with Crippen LogP contribution in [0.5, 0.6) is 0 Å². The van der Waals surface area contributed by atoms with E-state index < -0.39 is 17.4 Å². The van der Waals surface area contributed by atoms with Gasteiger partial charge in [0.05, 0.1) is 12.5 Å². The van der Waals surface area contributed by atoms with Gasteiger partial charge < -0.3 is 14.8 Å². The highest BCUT2D eigenvalue weighted by Gasteiger charge is 2.39. The van der Waals surface area contributed by atoms with Gasteiger partial charge in [-0.05, 0) is 30.0 Å². The molecule has 5 heteroatoms. The molecule has 3 rings (SSSR count). The summed E-state index contributed by atoms with van der Waals surface area (Å²) in [5.41, 5.74) is 2.14. The number of amides is 1. The first-order chi connectivity index (χ1) is 16.0. The molecule has 0 aliphatic heterocycles. The van der Waals surface area contributed by atoms with Gasteiger partial charge in [-0.15, -0.1) is 0 Å². The Morgan fingerprint density at radius 3 is 1.58 bits per heavy atom. The van der Waals surface area contributed by atoms with Crippen molar-refractivity contribution in [2.45, 2.75) is 37.6 Å². The highest BCUT2D eigenvalue weighted by atomic mass is 16.5. The average Bonchev–Trinajstić information content (AvgIpc) is 2.86. The second-order valence-corrected chi connectivity index (χ2v) is 8.06. The Morgan fingerprint density at radius 1 is 0.788 bits per heavy atom. The van der Waals surface area contributed by atoms with Gasteiger partial charge in [0.2, 0.25) is 5.91 Å². The van der Waals surface area contributed by atoms with Crippen molar-refractivity contribution in [1.82, 2.24) is 5.32 Å². The zero-order chi connectivity index (χ0) is 23.7. The van der Waals surface area contributed by atoms with E-state index in [2.05, 4.69) is 5.32 Å². The molecule has 0 aliphatic carbocycles. The topological polar surface area (TPSA) is 72.5 Å². The number of carbonyl (C=O) groups is 3. The molecule has 0 radical (unpaired) electrons. The van der Waals surface area contributed by atoms with E-state index in [0.717, 1.165) is 16.7 Å². The minimum atomic E-state index is -0.883. The van der Waals surface area contributed by atoms with Gasteiger partial charge in [-0.2, -0.15) is 0 Å². The van der Waals surface area contributed by atoms with Crippen molar-refractivity contribution in [3.8, 4) is 0 Å². The van der Waals surface area contributed by atoms with Crippen molar-refractivity contribution < 1.29 is 19.1 Å². The molecule has 3 aromatic rings. The molecule has 0 fully saturated rings. The molecule has 5 nitrogen and oxygen atoms in total. The highest BCUT2D eigenvalue weighted by Crippen LogP contribution is 2.42. The molecule has 0 aromatic heterocycles. The first-order valence-corrected chi connectivity index (χ1v) is 11.0. The van der Waals surface area contributed by atoms with Gasteiger partial charge in [0.25, 0.3) is 0 Å². The molecule has 1 N–H and O–H groups in total. The standard InChI is InChI=1S/C28H29NO4/c1-21(30)18-19-25(27(32)33-2)29-26(31)20-28(22-12-6-3-7-13-22,23-14-8-4-9-15-23)24-16-10-5-11-17-24/h3-17,25H,18-20H2,1-2H3,(H,29,31)/t25-/m0/s1. The molecule has 33 heavy (non-hydrogen) atoms. The minimum Gasteiger partial charge on any atom is -0.467 e. The van der Waals surface area contributed by atoms with Crippen LogP contribution >= 0.6 is 0 Å². The number of esters is 1. The predicted molar refractivity (Wildman–Crippen MR) is 128 cm³/mol. The maximum absolute atomic E-state index is 13.5. The monoisotopic (exact) mass is 443 g/mol. The van der Waals surface area contributed by atoms with Crippen molar-refractivity contribution in [2.24, 2.45) is 0 Å². The SMILES string of the molecule is COC(=O)[C@H](CCC(C)=O)NC(=O)CC(c1ccccc1)(c1ccccc1)c1ccccc1. The summed E-state index contributed by atoms with van der Waals surface area (Å²) in [4.78, 5) is 37.2. The summed E-state index contributed by atoms with van der Waals surface area (Å²) >= 11 is 0. The summed E-state index contributed by atoms with van der Waals surface area (Å²) in [5.74, 6) is -0.912. The molecule has 170 valence electrons. The van der Waals surface area contributed by atoms with E-state index in [9.17, 15) is 14.4 Å². The van der Waals surface area contributed by atoms with E-state index in [1.165, 1.54) is 14.0 Å². The fourth-order valence-electron chi connectivity index (χ4n) is 4.20. The largest absolute Gasteiger partial charge is 0.467 e. The fraction of sp³-hybridized carbons (Fsp3) is 0.250. The fourth-order valence-corrected chi connectivity index (χ4v) is 4.20. The zero-order valence-electron chi connectivity index (χ0n) is 19.0. The summed E-state index contributed by atoms with van der Waals surface area (Å²) in [5, 5.41) is 2.82. The second kappa shape index (κ2) is 11.2. The van der Waals surface area contributed by atoms with E-state index in [1.807, 2.05) is 91.0 Å². The van der Waals surface area contributed by atoms with Crippen LogP contribution in [0, 0.1) is 0 Å². The van der Waals surface area contributed by atoms with Crippen LogP contribution in [0.25, 0.3) is 0 Å². The summed E-state index contributed by atoms with van der Waals surface area (Å²) in [6, 6.07) is 28.8. The third kappa shape index (κ3) is 5.75. The Hall–Kier alpha value is -3.73. The van der Waals surface area contributed by atoms with Crippen LogP contribution in [0.3, 0.4) is 0 Å². The number of ether oxygens (including phenoxy) is 1. The Bertz CT molecular complexity index is 968. The van der Waals surface area contributed by atoms with Crippen LogP contribution in [0.15, 0.2) is 91.0 Å². The van der Waals surface area contributed by atoms with Crippen LogP contribution in [-0.4, -0.2) is 30.8 Å². The summed E-state index contributed by atoms with van der Waals surface area (Å²) < 4.78 is 4.86. The normalized spacial score (nSPS) is 11.9. The van der Waals surface area contributed by atoms with Gasteiger partial charge in [-0.25, -0.2) is 4.79 Å². The Kier molecular flexibility index (Phi) is 8.14. The van der Waals surface area contributed by atoms with Gasteiger partial charge in [-0.3, -0.25) is 4.79 Å². The molecular weight excluding hydrogens is 414 g/mol. The Balaban J connectivity index is 2.05. The molecule has 3 aromatic carbocycles. The lowest BCUT2D eigenvalue weighted by Gasteiger charge is -2.36. The van der Waals surface area contributed by atoms with Gasteiger partial charge in [0.15, 0.2) is 0 Å². The Labute approximate surface area is 194 Å². The molecule has 1 amide bonds. The highest BCUT2D eigenvalue weighted by molar-refractivity contribution is 5.87. The quantitative estimate of drug-likeness (QED) is 0.371. The van der Waals surface area contributed by atoms with E-state index in [0.29, 0.717) is 0 Å². The first-order valence-electron chi connectivity index (χ1n) is 11.0. The summed E-state index contributed by atoms with van der Waals surface area (Å²) in [6.07, 6.45) is 0.461. The maximum atomic E-state index is 13.5. The van der Waals surface area contributed by atoms with Crippen LogP contribution < -0.4 is 5.32 Å². The summed E-state index contributed by atoms with van der Waals surface area (Å²) in [7, 11) is 1.28. The lowest BCUT2D eigenvalue weighted by atomic mass is 9.67. The third-order valence-corrected chi connectivity index (χ3v) is 5.83. The van der Waals surface area contributed by atoms with Gasteiger partial charge >= 0.3 is 5.97 Å². The number of methoxy groups -OCH3 is 1. The first kappa shape index (κ1) is 23.9. The van der Waals surface area contributed by atoms with Crippen molar-refractivity contribution in [3.05, 3.63) is 108 Å². The lowest BCUT2D eigenvalue weighted by molar-refractivity contribution is -0.145. The van der Waals surface area contributed by atoms with Crippen LogP contribution in [0.1, 0.15) is 42.9 Å². The second-order valence-electron chi connectivity index (χ2n) is 8.06. The number of nitrogens with one attached hydrogen (secondary N) is 1. The number of benzene rings is 3. The van der Waals surface area contributed by atoms with Gasteiger partial charge in [0, 0.05) is 12.8 Å². The minimum absolute atomic E-state index is 0.0506. The molecule has 0 bridgehead atoms. The van der Waals surface area contributed by atoms with E-state index in [-0.39, 0.29) is 31.0 Å².